The van der Waals surface area contributed by atoms with Crippen molar-refractivity contribution in [2.24, 2.45) is 5.73 Å². The van der Waals surface area contributed by atoms with Gasteiger partial charge in [-0.25, -0.2) is 0 Å². The van der Waals surface area contributed by atoms with Crippen LogP contribution in [-0.4, -0.2) is 43.3 Å². The van der Waals surface area contributed by atoms with Crippen molar-refractivity contribution in [1.29, 1.82) is 0 Å². The van der Waals surface area contributed by atoms with Crippen LogP contribution in [-0.2, 0) is 4.74 Å². The van der Waals surface area contributed by atoms with Crippen LogP contribution in [0.4, 0.5) is 0 Å². The number of hydrogen-bond acceptors (Lipinski definition) is 3. The van der Waals surface area contributed by atoms with Gasteiger partial charge in [-0.3, -0.25) is 4.90 Å². The second-order valence-electron chi connectivity index (χ2n) is 5.54. The summed E-state index contributed by atoms with van der Waals surface area (Å²) in [5, 5.41) is 0. The molecule has 100 valence electrons. The number of rotatable bonds is 5. The first-order valence-electron chi connectivity index (χ1n) is 7.45. The van der Waals surface area contributed by atoms with E-state index in [1.807, 2.05) is 0 Å². The molecule has 1 unspecified atom stereocenters. The van der Waals surface area contributed by atoms with Crippen LogP contribution in [0, 0.1) is 0 Å². The van der Waals surface area contributed by atoms with Crippen LogP contribution in [0.15, 0.2) is 0 Å². The van der Waals surface area contributed by atoms with E-state index in [0.717, 1.165) is 32.2 Å². The molecule has 2 N–H and O–H groups in total. The number of ether oxygens (including phenoxy) is 1. The lowest BCUT2D eigenvalue weighted by Gasteiger charge is -2.41. The Balaban J connectivity index is 1.90. The molecule has 0 bridgehead atoms. The first kappa shape index (κ1) is 13.3. The SMILES string of the molecule is NCCCN(C1CCCCC1)C1CCCOC1. The van der Waals surface area contributed by atoms with Crippen molar-refractivity contribution in [2.45, 2.75) is 63.5 Å². The van der Waals surface area contributed by atoms with Gasteiger partial charge in [0.05, 0.1) is 6.61 Å². The average molecular weight is 240 g/mol. The molecule has 1 aliphatic heterocycles. The standard InChI is InChI=1S/C14H28N2O/c15-9-5-10-16(13-6-2-1-3-7-13)14-8-4-11-17-12-14/h13-14H,1-12,15H2. The molecule has 17 heavy (non-hydrogen) atoms. The molecule has 0 radical (unpaired) electrons. The van der Waals surface area contributed by atoms with Crippen LogP contribution in [0.3, 0.4) is 0 Å². The van der Waals surface area contributed by atoms with E-state index < -0.39 is 0 Å². The lowest BCUT2D eigenvalue weighted by atomic mass is 9.92. The number of hydrogen-bond donors (Lipinski definition) is 1. The molecule has 0 amide bonds. The van der Waals surface area contributed by atoms with Gasteiger partial charge >= 0.3 is 0 Å². The van der Waals surface area contributed by atoms with E-state index in [-0.39, 0.29) is 0 Å². The molecule has 1 saturated heterocycles. The molecule has 0 aromatic heterocycles. The second kappa shape index (κ2) is 7.34. The third kappa shape index (κ3) is 3.94. The number of nitrogens with two attached hydrogens (primary N) is 1. The van der Waals surface area contributed by atoms with E-state index in [4.69, 9.17) is 10.5 Å². The highest BCUT2D eigenvalue weighted by molar-refractivity contribution is 4.83. The Labute approximate surface area is 106 Å². The molecule has 1 atom stereocenters. The van der Waals surface area contributed by atoms with Crippen molar-refractivity contribution >= 4 is 0 Å². The summed E-state index contributed by atoms with van der Waals surface area (Å²) in [6.45, 7) is 3.90. The summed E-state index contributed by atoms with van der Waals surface area (Å²) in [6.07, 6.45) is 10.7. The largest absolute Gasteiger partial charge is 0.380 e. The third-order valence-corrected chi connectivity index (χ3v) is 4.27. The molecule has 2 rings (SSSR count). The molecule has 1 aliphatic carbocycles. The Morgan fingerprint density at radius 1 is 1.00 bits per heavy atom. The predicted molar refractivity (Wildman–Crippen MR) is 71.1 cm³/mol. The summed E-state index contributed by atoms with van der Waals surface area (Å²) in [5.41, 5.74) is 5.68. The third-order valence-electron chi connectivity index (χ3n) is 4.27. The van der Waals surface area contributed by atoms with Gasteiger partial charge in [0, 0.05) is 25.2 Å². The zero-order chi connectivity index (χ0) is 11.9. The van der Waals surface area contributed by atoms with Crippen LogP contribution >= 0.6 is 0 Å². The Bertz CT molecular complexity index is 180. The fourth-order valence-corrected chi connectivity index (χ4v) is 3.34. The maximum absolute atomic E-state index is 5.68. The van der Waals surface area contributed by atoms with E-state index in [0.29, 0.717) is 6.04 Å². The molecule has 2 aliphatic rings. The number of nitrogens with zero attached hydrogens (tertiary/aromatic N) is 1. The predicted octanol–water partition coefficient (Wildman–Crippen LogP) is 2.15. The summed E-state index contributed by atoms with van der Waals surface area (Å²) in [5.74, 6) is 0. The van der Waals surface area contributed by atoms with Gasteiger partial charge in [-0.1, -0.05) is 19.3 Å². The van der Waals surface area contributed by atoms with E-state index in [1.165, 1.54) is 51.5 Å². The topological polar surface area (TPSA) is 38.5 Å². The first-order valence-corrected chi connectivity index (χ1v) is 7.45. The van der Waals surface area contributed by atoms with Gasteiger partial charge in [0.1, 0.15) is 0 Å². The summed E-state index contributed by atoms with van der Waals surface area (Å²) in [4.78, 5) is 2.73. The Hall–Kier alpha value is -0.120. The molecule has 0 spiro atoms. The van der Waals surface area contributed by atoms with Gasteiger partial charge in [0.2, 0.25) is 0 Å². The molecular weight excluding hydrogens is 212 g/mol. The van der Waals surface area contributed by atoms with Crippen molar-refractivity contribution in [3.8, 4) is 0 Å². The lowest BCUT2D eigenvalue weighted by Crippen LogP contribution is -2.48. The van der Waals surface area contributed by atoms with Gasteiger partial charge in [0.15, 0.2) is 0 Å². The highest BCUT2D eigenvalue weighted by Gasteiger charge is 2.28. The van der Waals surface area contributed by atoms with Crippen LogP contribution in [0.2, 0.25) is 0 Å². The molecule has 1 heterocycles. The maximum atomic E-state index is 5.68. The first-order chi connectivity index (χ1) is 8.42. The molecule has 0 aromatic carbocycles. The van der Waals surface area contributed by atoms with Gasteiger partial charge in [-0.15, -0.1) is 0 Å². The summed E-state index contributed by atoms with van der Waals surface area (Å²) < 4.78 is 5.66. The minimum absolute atomic E-state index is 0.665. The van der Waals surface area contributed by atoms with Crippen LogP contribution in [0.25, 0.3) is 0 Å². The monoisotopic (exact) mass is 240 g/mol. The lowest BCUT2D eigenvalue weighted by molar-refractivity contribution is -0.00734. The molecule has 0 aromatic rings. The van der Waals surface area contributed by atoms with E-state index in [1.54, 1.807) is 0 Å². The van der Waals surface area contributed by atoms with Crippen LogP contribution < -0.4 is 5.73 Å². The molecule has 1 saturated carbocycles. The van der Waals surface area contributed by atoms with Gasteiger partial charge in [-0.05, 0) is 38.6 Å². The van der Waals surface area contributed by atoms with E-state index in [9.17, 15) is 0 Å². The summed E-state index contributed by atoms with van der Waals surface area (Å²) in [6, 6.07) is 1.47. The van der Waals surface area contributed by atoms with Crippen molar-refractivity contribution in [3.05, 3.63) is 0 Å². The smallest absolute Gasteiger partial charge is 0.0621 e. The zero-order valence-corrected chi connectivity index (χ0v) is 11.1. The normalized spacial score (nSPS) is 27.5. The summed E-state index contributed by atoms with van der Waals surface area (Å²) >= 11 is 0. The fourth-order valence-electron chi connectivity index (χ4n) is 3.34. The summed E-state index contributed by atoms with van der Waals surface area (Å²) in [7, 11) is 0. The molecule has 2 fully saturated rings. The van der Waals surface area contributed by atoms with Gasteiger partial charge in [0.25, 0.3) is 0 Å². The zero-order valence-electron chi connectivity index (χ0n) is 11.1. The molecule has 3 heteroatoms. The minimum atomic E-state index is 0.665. The van der Waals surface area contributed by atoms with E-state index >= 15 is 0 Å². The Kier molecular flexibility index (Phi) is 5.75. The average Bonchev–Trinajstić information content (AvgIpc) is 2.42. The highest BCUT2D eigenvalue weighted by atomic mass is 16.5. The van der Waals surface area contributed by atoms with Crippen molar-refractivity contribution in [1.82, 2.24) is 4.90 Å². The van der Waals surface area contributed by atoms with Gasteiger partial charge < -0.3 is 10.5 Å². The van der Waals surface area contributed by atoms with Crippen molar-refractivity contribution < 1.29 is 4.74 Å². The quantitative estimate of drug-likeness (QED) is 0.800. The van der Waals surface area contributed by atoms with Crippen LogP contribution in [0.1, 0.15) is 51.4 Å². The van der Waals surface area contributed by atoms with Crippen molar-refractivity contribution in [3.63, 3.8) is 0 Å². The second-order valence-corrected chi connectivity index (χ2v) is 5.54. The fraction of sp³-hybridized carbons (Fsp3) is 1.00. The molecular formula is C14H28N2O. The van der Waals surface area contributed by atoms with Crippen molar-refractivity contribution in [2.75, 3.05) is 26.3 Å². The Morgan fingerprint density at radius 2 is 1.76 bits per heavy atom. The van der Waals surface area contributed by atoms with Crippen LogP contribution in [0.5, 0.6) is 0 Å². The maximum Gasteiger partial charge on any atom is 0.0621 e. The molecule has 3 nitrogen and oxygen atoms in total. The Morgan fingerprint density at radius 3 is 2.41 bits per heavy atom. The highest BCUT2D eigenvalue weighted by Crippen LogP contribution is 2.26. The minimum Gasteiger partial charge on any atom is -0.380 e. The van der Waals surface area contributed by atoms with Gasteiger partial charge in [-0.2, -0.15) is 0 Å². The van der Waals surface area contributed by atoms with E-state index in [2.05, 4.69) is 4.90 Å².